The molecule has 2 aromatic rings. The fourth-order valence-electron chi connectivity index (χ4n) is 3.25. The molecule has 1 aromatic carbocycles. The first-order valence-electron chi connectivity index (χ1n) is 9.88. The van der Waals surface area contributed by atoms with Crippen LogP contribution in [0.25, 0.3) is 0 Å². The second kappa shape index (κ2) is 9.62. The fraction of sp³-hybridized carbons (Fsp3) is 0.500. The van der Waals surface area contributed by atoms with Crippen LogP contribution in [0, 0.1) is 10.1 Å². The van der Waals surface area contributed by atoms with Gasteiger partial charge >= 0.3 is 0 Å². The first-order chi connectivity index (χ1) is 14.0. The van der Waals surface area contributed by atoms with Gasteiger partial charge in [0.25, 0.3) is 11.6 Å². The number of carbonyl (C=O) groups excluding carboxylic acids is 1. The van der Waals surface area contributed by atoms with Gasteiger partial charge in [0.2, 0.25) is 5.89 Å². The third-order valence-electron chi connectivity index (χ3n) is 5.18. The van der Waals surface area contributed by atoms with Crippen LogP contribution in [0.2, 0.25) is 0 Å². The zero-order chi connectivity index (χ0) is 20.8. The largest absolute Gasteiger partial charge is 0.447 e. The number of amides is 1. The van der Waals surface area contributed by atoms with E-state index in [0.29, 0.717) is 24.7 Å². The van der Waals surface area contributed by atoms with E-state index in [0.717, 1.165) is 38.2 Å². The zero-order valence-electron chi connectivity index (χ0n) is 16.8. The van der Waals surface area contributed by atoms with E-state index in [1.54, 1.807) is 12.1 Å². The van der Waals surface area contributed by atoms with Gasteiger partial charge in [-0.05, 0) is 13.3 Å². The summed E-state index contributed by atoms with van der Waals surface area (Å²) in [4.78, 5) is 31.7. The Balaban J connectivity index is 1.49. The number of oxazole rings is 1. The van der Waals surface area contributed by atoms with Gasteiger partial charge in [-0.3, -0.25) is 24.7 Å². The number of nitro benzene ring substituents is 1. The summed E-state index contributed by atoms with van der Waals surface area (Å²) >= 11 is 0. The molecule has 0 saturated carbocycles. The van der Waals surface area contributed by atoms with Crippen molar-refractivity contribution in [1.82, 2.24) is 20.1 Å². The van der Waals surface area contributed by atoms with E-state index < -0.39 is 0 Å². The van der Waals surface area contributed by atoms with Crippen LogP contribution in [0.3, 0.4) is 0 Å². The van der Waals surface area contributed by atoms with Crippen LogP contribution in [-0.2, 0) is 13.1 Å². The summed E-state index contributed by atoms with van der Waals surface area (Å²) < 4.78 is 5.47. The summed E-state index contributed by atoms with van der Waals surface area (Å²) in [6.07, 6.45) is 2.25. The summed E-state index contributed by atoms with van der Waals surface area (Å²) in [5.41, 5.74) is 1.20. The third kappa shape index (κ3) is 5.61. The number of piperazine rings is 1. The molecule has 9 heteroatoms. The molecule has 0 unspecified atom stereocenters. The highest BCUT2D eigenvalue weighted by Crippen LogP contribution is 2.20. The van der Waals surface area contributed by atoms with Crippen LogP contribution in [0.5, 0.6) is 0 Å². The molecule has 0 radical (unpaired) electrons. The lowest BCUT2D eigenvalue weighted by molar-refractivity contribution is -0.385. The van der Waals surface area contributed by atoms with Gasteiger partial charge in [0.05, 0.1) is 11.5 Å². The van der Waals surface area contributed by atoms with Crippen LogP contribution in [0.4, 0.5) is 5.69 Å². The number of rotatable bonds is 8. The van der Waals surface area contributed by atoms with Gasteiger partial charge < -0.3 is 9.73 Å². The lowest BCUT2D eigenvalue weighted by Gasteiger charge is -2.33. The smallest absolute Gasteiger partial charge is 0.273 e. The Morgan fingerprint density at radius 1 is 1.24 bits per heavy atom. The van der Waals surface area contributed by atoms with Gasteiger partial charge in [0, 0.05) is 50.4 Å². The fourth-order valence-corrected chi connectivity index (χ4v) is 3.25. The van der Waals surface area contributed by atoms with Gasteiger partial charge in [-0.2, -0.15) is 0 Å². The van der Waals surface area contributed by atoms with E-state index in [2.05, 4.69) is 20.1 Å². The lowest BCUT2D eigenvalue weighted by atomic mass is 10.1. The van der Waals surface area contributed by atoms with Crippen molar-refractivity contribution in [2.45, 2.75) is 39.4 Å². The van der Waals surface area contributed by atoms with Crippen molar-refractivity contribution in [1.29, 1.82) is 0 Å². The Hall–Kier alpha value is -2.78. The van der Waals surface area contributed by atoms with E-state index in [1.807, 2.05) is 26.0 Å². The van der Waals surface area contributed by atoms with Crippen LogP contribution in [0.15, 0.2) is 34.9 Å². The standard InChI is InChI=1S/C20H27N5O4/c1-3-15(2)21-20(26)17-14-29-19(22-17)13-24-10-8-23(9-11-24)12-16-6-4-5-7-18(16)25(27)28/h4-7,14-15H,3,8-13H2,1-2H3,(H,21,26)/t15-/m0/s1. The predicted molar refractivity (Wildman–Crippen MR) is 107 cm³/mol. The van der Waals surface area contributed by atoms with Crippen LogP contribution < -0.4 is 5.32 Å². The highest BCUT2D eigenvalue weighted by atomic mass is 16.6. The highest BCUT2D eigenvalue weighted by molar-refractivity contribution is 5.92. The van der Waals surface area contributed by atoms with Gasteiger partial charge in [-0.1, -0.05) is 25.1 Å². The highest BCUT2D eigenvalue weighted by Gasteiger charge is 2.22. The first kappa shape index (κ1) is 20.9. The normalized spacial score (nSPS) is 16.5. The zero-order valence-corrected chi connectivity index (χ0v) is 16.8. The maximum atomic E-state index is 12.1. The van der Waals surface area contributed by atoms with E-state index in [1.165, 1.54) is 6.26 Å². The number of nitrogens with one attached hydrogen (secondary N) is 1. The van der Waals surface area contributed by atoms with Crippen molar-refractivity contribution in [2.24, 2.45) is 0 Å². The monoisotopic (exact) mass is 401 g/mol. The lowest BCUT2D eigenvalue weighted by Crippen LogP contribution is -2.45. The maximum Gasteiger partial charge on any atom is 0.273 e. The minimum absolute atomic E-state index is 0.0937. The number of hydrogen-bond acceptors (Lipinski definition) is 7. The molecule has 1 aliphatic heterocycles. The Morgan fingerprint density at radius 3 is 2.55 bits per heavy atom. The first-order valence-corrected chi connectivity index (χ1v) is 9.88. The topological polar surface area (TPSA) is 105 Å². The number of para-hydroxylation sites is 1. The molecular formula is C20H27N5O4. The second-order valence-corrected chi connectivity index (χ2v) is 7.35. The molecule has 29 heavy (non-hydrogen) atoms. The Kier molecular flexibility index (Phi) is 6.95. The van der Waals surface area contributed by atoms with Crippen molar-refractivity contribution < 1.29 is 14.1 Å². The summed E-state index contributed by atoms with van der Waals surface area (Å²) in [5, 5.41) is 14.1. The van der Waals surface area contributed by atoms with Crippen molar-refractivity contribution in [2.75, 3.05) is 26.2 Å². The molecule has 1 atom stereocenters. The quantitative estimate of drug-likeness (QED) is 0.535. The van der Waals surface area contributed by atoms with Gasteiger partial charge in [-0.25, -0.2) is 4.98 Å². The molecule has 3 rings (SSSR count). The van der Waals surface area contributed by atoms with Crippen molar-refractivity contribution in [3.8, 4) is 0 Å². The predicted octanol–water partition coefficient (Wildman–Crippen LogP) is 2.43. The number of aromatic nitrogens is 1. The molecule has 1 aliphatic rings. The van der Waals surface area contributed by atoms with Gasteiger partial charge in [0.15, 0.2) is 5.69 Å². The molecular weight excluding hydrogens is 374 g/mol. The molecule has 156 valence electrons. The van der Waals surface area contributed by atoms with E-state index >= 15 is 0 Å². The summed E-state index contributed by atoms with van der Waals surface area (Å²) in [5.74, 6) is 0.301. The number of hydrogen-bond donors (Lipinski definition) is 1. The minimum atomic E-state index is -0.330. The molecule has 0 bridgehead atoms. The molecule has 1 saturated heterocycles. The number of carbonyl (C=O) groups is 1. The summed E-state index contributed by atoms with van der Waals surface area (Å²) in [6, 6.07) is 6.96. The third-order valence-corrected chi connectivity index (χ3v) is 5.18. The molecule has 2 heterocycles. The van der Waals surface area contributed by atoms with Gasteiger partial charge in [0.1, 0.15) is 6.26 Å². The molecule has 0 aliphatic carbocycles. The maximum absolute atomic E-state index is 12.1. The molecule has 9 nitrogen and oxygen atoms in total. The van der Waals surface area contributed by atoms with E-state index in [-0.39, 0.29) is 22.6 Å². The Bertz CT molecular complexity index is 845. The van der Waals surface area contributed by atoms with Crippen LogP contribution in [-0.4, -0.2) is 57.8 Å². The average Bonchev–Trinajstić information content (AvgIpc) is 3.18. The van der Waals surface area contributed by atoms with Crippen molar-refractivity contribution in [3.05, 3.63) is 57.8 Å². The van der Waals surface area contributed by atoms with Gasteiger partial charge in [-0.15, -0.1) is 0 Å². The van der Waals surface area contributed by atoms with E-state index in [9.17, 15) is 14.9 Å². The summed E-state index contributed by atoms with van der Waals surface area (Å²) in [6.45, 7) is 8.26. The van der Waals surface area contributed by atoms with Crippen molar-refractivity contribution in [3.63, 3.8) is 0 Å². The molecule has 0 spiro atoms. The Morgan fingerprint density at radius 2 is 1.90 bits per heavy atom. The van der Waals surface area contributed by atoms with Crippen LogP contribution >= 0.6 is 0 Å². The van der Waals surface area contributed by atoms with Crippen LogP contribution in [0.1, 0.15) is 42.2 Å². The number of benzene rings is 1. The minimum Gasteiger partial charge on any atom is -0.447 e. The Labute approximate surface area is 169 Å². The molecule has 1 amide bonds. The van der Waals surface area contributed by atoms with E-state index in [4.69, 9.17) is 4.42 Å². The SMILES string of the molecule is CC[C@H](C)NC(=O)c1coc(CN2CCN(Cc3ccccc3[N+](=O)[O-])CC2)n1. The average molecular weight is 401 g/mol. The van der Waals surface area contributed by atoms with Crippen molar-refractivity contribution >= 4 is 11.6 Å². The molecule has 1 aromatic heterocycles. The second-order valence-electron chi connectivity index (χ2n) is 7.35. The number of nitrogens with zero attached hydrogens (tertiary/aromatic N) is 4. The summed E-state index contributed by atoms with van der Waals surface area (Å²) in [7, 11) is 0. The molecule has 1 fully saturated rings. The number of nitro groups is 1. The molecule has 1 N–H and O–H groups in total.